The number of aromatic amines is 1. The molecule has 0 aliphatic heterocycles. The van der Waals surface area contributed by atoms with Crippen molar-refractivity contribution in [2.75, 3.05) is 5.75 Å². The second kappa shape index (κ2) is 8.16. The van der Waals surface area contributed by atoms with Gasteiger partial charge >= 0.3 is 0 Å². The molecular formula is C22H22ClN5OS. The maximum Gasteiger partial charge on any atom is 0.230 e. The Labute approximate surface area is 184 Å². The fraction of sp³-hybridized carbons (Fsp3) is 0.227. The monoisotopic (exact) mass is 439 g/mol. The number of carbonyl (C=O) groups is 1. The maximum absolute atomic E-state index is 12.3. The van der Waals surface area contributed by atoms with Gasteiger partial charge in [0.05, 0.1) is 5.75 Å². The zero-order valence-corrected chi connectivity index (χ0v) is 18.5. The second-order valence-corrected chi connectivity index (χ2v) is 9.33. The summed E-state index contributed by atoms with van der Waals surface area (Å²) >= 11 is 7.44. The first-order valence-corrected chi connectivity index (χ1v) is 10.9. The third kappa shape index (κ3) is 4.37. The Hall–Kier alpha value is -2.77. The number of para-hydroxylation sites is 1. The van der Waals surface area contributed by atoms with Crippen LogP contribution in [0.25, 0.3) is 28.0 Å². The molecule has 0 aliphatic rings. The van der Waals surface area contributed by atoms with Crippen molar-refractivity contribution in [3.63, 3.8) is 0 Å². The molecule has 154 valence electrons. The number of aromatic nitrogens is 4. The van der Waals surface area contributed by atoms with Crippen LogP contribution in [-0.2, 0) is 4.79 Å². The van der Waals surface area contributed by atoms with E-state index >= 15 is 0 Å². The van der Waals surface area contributed by atoms with Crippen molar-refractivity contribution >= 4 is 40.2 Å². The quantitative estimate of drug-likeness (QED) is 0.425. The van der Waals surface area contributed by atoms with Crippen LogP contribution in [0.1, 0.15) is 20.8 Å². The van der Waals surface area contributed by atoms with Gasteiger partial charge in [-0.1, -0.05) is 41.6 Å². The summed E-state index contributed by atoms with van der Waals surface area (Å²) in [5.41, 5.74) is 2.57. The number of hydrogen-bond acceptors (Lipinski definition) is 4. The van der Waals surface area contributed by atoms with E-state index in [1.54, 1.807) is 0 Å². The van der Waals surface area contributed by atoms with E-state index in [0.29, 0.717) is 16.0 Å². The molecular weight excluding hydrogens is 418 g/mol. The average molecular weight is 440 g/mol. The Bertz CT molecular complexity index is 1190. The van der Waals surface area contributed by atoms with Gasteiger partial charge in [-0.2, -0.15) is 0 Å². The third-order valence-corrected chi connectivity index (χ3v) is 5.58. The first kappa shape index (κ1) is 20.5. The zero-order chi connectivity index (χ0) is 21.3. The number of halogens is 1. The smallest absolute Gasteiger partial charge is 0.230 e. The lowest BCUT2D eigenvalue weighted by atomic mass is 10.1. The standard InChI is InChI=1S/C22H22ClN5OS/c1-22(2,3)25-19(29)13-30-21-27-26-20(28(21)15-10-8-14(23)9-11-15)17-12-24-18-7-5-4-6-16(17)18/h4-12,24H,13H2,1-3H3,(H,25,29). The molecule has 2 aromatic carbocycles. The minimum atomic E-state index is -0.281. The number of rotatable bonds is 5. The van der Waals surface area contributed by atoms with Gasteiger partial charge in [0.15, 0.2) is 11.0 Å². The number of fused-ring (bicyclic) bond motifs is 1. The summed E-state index contributed by atoms with van der Waals surface area (Å²) in [7, 11) is 0. The summed E-state index contributed by atoms with van der Waals surface area (Å²) < 4.78 is 1.96. The highest BCUT2D eigenvalue weighted by Gasteiger charge is 2.20. The number of nitrogens with zero attached hydrogens (tertiary/aromatic N) is 3. The largest absolute Gasteiger partial charge is 0.360 e. The molecule has 0 unspecified atom stereocenters. The molecule has 0 atom stereocenters. The Balaban J connectivity index is 1.74. The predicted octanol–water partition coefficient (Wildman–Crippen LogP) is 5.08. The minimum Gasteiger partial charge on any atom is -0.360 e. The summed E-state index contributed by atoms with van der Waals surface area (Å²) in [6.07, 6.45) is 1.93. The highest BCUT2D eigenvalue weighted by atomic mass is 35.5. The van der Waals surface area contributed by atoms with E-state index in [-0.39, 0.29) is 17.2 Å². The molecule has 1 amide bonds. The molecule has 0 radical (unpaired) electrons. The van der Waals surface area contributed by atoms with Crippen LogP contribution in [0, 0.1) is 0 Å². The van der Waals surface area contributed by atoms with E-state index in [4.69, 9.17) is 11.6 Å². The van der Waals surface area contributed by atoms with Gasteiger partial charge in [-0.25, -0.2) is 0 Å². The fourth-order valence-electron chi connectivity index (χ4n) is 3.20. The summed E-state index contributed by atoms with van der Waals surface area (Å²) in [5.74, 6) is 0.900. The van der Waals surface area contributed by atoms with Crippen LogP contribution in [-0.4, -0.2) is 36.9 Å². The van der Waals surface area contributed by atoms with Crippen molar-refractivity contribution in [1.29, 1.82) is 0 Å². The number of carbonyl (C=O) groups excluding carboxylic acids is 1. The van der Waals surface area contributed by atoms with Gasteiger partial charge in [0, 0.05) is 38.9 Å². The Morgan fingerprint density at radius 2 is 1.87 bits per heavy atom. The molecule has 6 nitrogen and oxygen atoms in total. The molecule has 2 aromatic heterocycles. The summed E-state index contributed by atoms with van der Waals surface area (Å²) in [4.78, 5) is 15.6. The molecule has 30 heavy (non-hydrogen) atoms. The number of nitrogens with one attached hydrogen (secondary N) is 2. The number of H-pyrrole nitrogens is 1. The molecule has 2 N–H and O–H groups in total. The Morgan fingerprint density at radius 3 is 2.60 bits per heavy atom. The van der Waals surface area contributed by atoms with Gasteiger partial charge < -0.3 is 10.3 Å². The number of benzene rings is 2. The first-order valence-electron chi connectivity index (χ1n) is 9.53. The molecule has 4 aromatic rings. The van der Waals surface area contributed by atoms with Crippen LogP contribution in [0.2, 0.25) is 5.02 Å². The zero-order valence-electron chi connectivity index (χ0n) is 16.9. The van der Waals surface area contributed by atoms with E-state index in [9.17, 15) is 4.79 Å². The van der Waals surface area contributed by atoms with Crippen molar-refractivity contribution in [1.82, 2.24) is 25.1 Å². The highest BCUT2D eigenvalue weighted by molar-refractivity contribution is 7.99. The maximum atomic E-state index is 12.3. The molecule has 0 spiro atoms. The van der Waals surface area contributed by atoms with E-state index in [2.05, 4.69) is 20.5 Å². The van der Waals surface area contributed by atoms with Gasteiger partial charge in [-0.15, -0.1) is 10.2 Å². The highest BCUT2D eigenvalue weighted by Crippen LogP contribution is 2.32. The summed E-state index contributed by atoms with van der Waals surface area (Å²) in [5, 5.41) is 14.2. The normalized spacial score (nSPS) is 11.7. The van der Waals surface area contributed by atoms with E-state index in [1.807, 2.05) is 80.1 Å². The number of hydrogen-bond donors (Lipinski definition) is 2. The lowest BCUT2D eigenvalue weighted by Gasteiger charge is -2.20. The average Bonchev–Trinajstić information content (AvgIpc) is 3.29. The molecule has 8 heteroatoms. The first-order chi connectivity index (χ1) is 14.3. The lowest BCUT2D eigenvalue weighted by Crippen LogP contribution is -2.41. The van der Waals surface area contributed by atoms with E-state index in [0.717, 1.165) is 22.2 Å². The Kier molecular flexibility index (Phi) is 5.58. The summed E-state index contributed by atoms with van der Waals surface area (Å²) in [6, 6.07) is 15.6. The molecule has 0 saturated heterocycles. The van der Waals surface area contributed by atoms with Crippen molar-refractivity contribution in [2.24, 2.45) is 0 Å². The van der Waals surface area contributed by atoms with Crippen molar-refractivity contribution in [2.45, 2.75) is 31.5 Å². The second-order valence-electron chi connectivity index (χ2n) is 7.95. The molecule has 0 bridgehead atoms. The molecule has 0 saturated carbocycles. The van der Waals surface area contributed by atoms with Crippen LogP contribution in [0.4, 0.5) is 0 Å². The number of thioether (sulfide) groups is 1. The fourth-order valence-corrected chi connectivity index (χ4v) is 4.08. The van der Waals surface area contributed by atoms with Gasteiger partial charge in [0.1, 0.15) is 0 Å². The molecule has 0 aliphatic carbocycles. The molecule has 2 heterocycles. The van der Waals surface area contributed by atoms with Crippen LogP contribution in [0.15, 0.2) is 59.9 Å². The van der Waals surface area contributed by atoms with Crippen LogP contribution < -0.4 is 5.32 Å². The Morgan fingerprint density at radius 1 is 1.13 bits per heavy atom. The van der Waals surface area contributed by atoms with Crippen LogP contribution >= 0.6 is 23.4 Å². The van der Waals surface area contributed by atoms with Gasteiger partial charge in [0.2, 0.25) is 5.91 Å². The van der Waals surface area contributed by atoms with Gasteiger partial charge in [-0.05, 0) is 51.1 Å². The van der Waals surface area contributed by atoms with Gasteiger partial charge in [-0.3, -0.25) is 9.36 Å². The van der Waals surface area contributed by atoms with Crippen molar-refractivity contribution in [3.8, 4) is 17.1 Å². The van der Waals surface area contributed by atoms with Crippen molar-refractivity contribution < 1.29 is 4.79 Å². The lowest BCUT2D eigenvalue weighted by molar-refractivity contribution is -0.119. The third-order valence-electron chi connectivity index (χ3n) is 4.40. The van der Waals surface area contributed by atoms with Crippen LogP contribution in [0.3, 0.4) is 0 Å². The summed E-state index contributed by atoms with van der Waals surface area (Å²) in [6.45, 7) is 5.88. The van der Waals surface area contributed by atoms with E-state index in [1.165, 1.54) is 11.8 Å². The SMILES string of the molecule is CC(C)(C)NC(=O)CSc1nnc(-c2c[nH]c3ccccc23)n1-c1ccc(Cl)cc1. The molecule has 0 fully saturated rings. The van der Waals surface area contributed by atoms with Crippen molar-refractivity contribution in [3.05, 3.63) is 59.8 Å². The van der Waals surface area contributed by atoms with Gasteiger partial charge in [0.25, 0.3) is 0 Å². The number of amides is 1. The molecule has 4 rings (SSSR count). The minimum absolute atomic E-state index is 0.0493. The topological polar surface area (TPSA) is 75.6 Å². The van der Waals surface area contributed by atoms with E-state index < -0.39 is 0 Å². The predicted molar refractivity (Wildman–Crippen MR) is 122 cm³/mol. The van der Waals surface area contributed by atoms with Crippen LogP contribution in [0.5, 0.6) is 0 Å².